The average molecular weight is 103 g/mol. The fraction of sp³-hybridized carbons (Fsp3) is 0.800. The standard InChI is InChI=1S/C5H11O2/c1-3-5(4-2)7-6/h6H,3-4H2,1-2H3/q+1. The van der Waals surface area contributed by atoms with Crippen molar-refractivity contribution in [3.8, 4) is 0 Å². The van der Waals surface area contributed by atoms with Crippen LogP contribution in [0.1, 0.15) is 26.7 Å². The van der Waals surface area contributed by atoms with Crippen LogP contribution in [0.4, 0.5) is 0 Å². The van der Waals surface area contributed by atoms with Gasteiger partial charge in [0.25, 0.3) is 0 Å². The highest BCUT2D eigenvalue weighted by atomic mass is 17.1. The Labute approximate surface area is 43.4 Å². The molecule has 2 nitrogen and oxygen atoms in total. The Kier molecular flexibility index (Phi) is 3.38. The molecular formula is C5H11O2+. The van der Waals surface area contributed by atoms with E-state index in [-0.39, 0.29) is 0 Å². The minimum Gasteiger partial charge on any atom is -0.152 e. The summed E-state index contributed by atoms with van der Waals surface area (Å²) in [4.78, 5) is 0. The van der Waals surface area contributed by atoms with Crippen molar-refractivity contribution in [1.29, 1.82) is 0 Å². The van der Waals surface area contributed by atoms with Crippen molar-refractivity contribution in [3.63, 3.8) is 0 Å². The molecule has 0 radical (unpaired) electrons. The predicted octanol–water partition coefficient (Wildman–Crippen LogP) is 1.38. The molecule has 0 aromatic rings. The molecule has 0 saturated carbocycles. The van der Waals surface area contributed by atoms with E-state index >= 15 is 0 Å². The minimum absolute atomic E-state index is 0.736. The molecule has 0 unspecified atom stereocenters. The summed E-state index contributed by atoms with van der Waals surface area (Å²) in [6.07, 6.45) is 1.60. The lowest BCUT2D eigenvalue weighted by molar-refractivity contribution is -0.739. The quantitative estimate of drug-likeness (QED) is 0.319. The van der Waals surface area contributed by atoms with Gasteiger partial charge in [0.15, 0.2) is 0 Å². The molecule has 0 atom stereocenters. The first-order valence-electron chi connectivity index (χ1n) is 2.51. The van der Waals surface area contributed by atoms with Crippen LogP contribution in [0.25, 0.3) is 0 Å². The topological polar surface area (TPSA) is 31.5 Å². The summed E-state index contributed by atoms with van der Waals surface area (Å²) in [5, 5.41) is 7.99. The summed E-state index contributed by atoms with van der Waals surface area (Å²) in [7, 11) is 0. The fourth-order valence-electron chi connectivity index (χ4n) is 0.379. The lowest BCUT2D eigenvalue weighted by Gasteiger charge is -1.73. The number of hydrogen-bond donors (Lipinski definition) is 1. The first kappa shape index (κ1) is 6.47. The van der Waals surface area contributed by atoms with E-state index in [9.17, 15) is 0 Å². The van der Waals surface area contributed by atoms with Crippen LogP contribution in [-0.4, -0.2) is 11.0 Å². The lowest BCUT2D eigenvalue weighted by Crippen LogP contribution is -1.94. The number of carbonyl (C=O) groups excluding carboxylic acids is 1. The van der Waals surface area contributed by atoms with Gasteiger partial charge < -0.3 is 0 Å². The van der Waals surface area contributed by atoms with Crippen molar-refractivity contribution >= 4 is 5.78 Å². The molecule has 0 fully saturated rings. The molecule has 0 aromatic carbocycles. The maximum absolute atomic E-state index is 7.99. The number of rotatable bonds is 2. The number of ketones is 1. The van der Waals surface area contributed by atoms with Gasteiger partial charge in [-0.2, -0.15) is 5.26 Å². The van der Waals surface area contributed by atoms with Gasteiger partial charge in [0.2, 0.25) is 0 Å². The highest BCUT2D eigenvalue weighted by molar-refractivity contribution is 5.77. The number of hydrogen-bond acceptors (Lipinski definition) is 1. The second kappa shape index (κ2) is 3.65. The average Bonchev–Trinajstić information content (AvgIpc) is 1.72. The Balaban J connectivity index is 3.38. The Morgan fingerprint density at radius 1 is 1.43 bits per heavy atom. The summed E-state index contributed by atoms with van der Waals surface area (Å²) < 4.78 is 3.97. The van der Waals surface area contributed by atoms with Gasteiger partial charge in [0.1, 0.15) is 0 Å². The first-order valence-corrected chi connectivity index (χ1v) is 2.51. The highest BCUT2D eigenvalue weighted by Crippen LogP contribution is 1.85. The summed E-state index contributed by atoms with van der Waals surface area (Å²) >= 11 is 0. The van der Waals surface area contributed by atoms with Gasteiger partial charge in [-0.25, -0.2) is 0 Å². The molecule has 0 saturated heterocycles. The molecule has 0 bridgehead atoms. The molecule has 0 amide bonds. The fourth-order valence-corrected chi connectivity index (χ4v) is 0.379. The van der Waals surface area contributed by atoms with Gasteiger partial charge in [-0.05, 0) is 0 Å². The van der Waals surface area contributed by atoms with E-state index < -0.39 is 0 Å². The molecule has 0 aromatic heterocycles. The van der Waals surface area contributed by atoms with E-state index in [1.54, 1.807) is 0 Å². The van der Waals surface area contributed by atoms with Gasteiger partial charge in [-0.3, -0.25) is 0 Å². The summed E-state index contributed by atoms with van der Waals surface area (Å²) in [6, 6.07) is 0. The van der Waals surface area contributed by atoms with Crippen LogP contribution in [-0.2, 0) is 4.58 Å². The van der Waals surface area contributed by atoms with E-state index in [1.165, 1.54) is 0 Å². The van der Waals surface area contributed by atoms with Crippen molar-refractivity contribution in [2.75, 3.05) is 0 Å². The van der Waals surface area contributed by atoms with Gasteiger partial charge >= 0.3 is 5.78 Å². The lowest BCUT2D eigenvalue weighted by atomic mass is 10.2. The Hall–Kier alpha value is -0.530. The second-order valence-corrected chi connectivity index (χ2v) is 1.34. The van der Waals surface area contributed by atoms with Crippen molar-refractivity contribution in [2.24, 2.45) is 0 Å². The summed E-state index contributed by atoms with van der Waals surface area (Å²) in [5.74, 6) is 0.736. The normalized spacial score (nSPS) is 8.29. The minimum atomic E-state index is 0.736. The van der Waals surface area contributed by atoms with Crippen molar-refractivity contribution < 1.29 is 9.83 Å². The predicted molar refractivity (Wildman–Crippen MR) is 28.2 cm³/mol. The van der Waals surface area contributed by atoms with Crippen molar-refractivity contribution in [1.82, 2.24) is 0 Å². The third-order valence-corrected chi connectivity index (χ3v) is 0.918. The molecule has 0 aliphatic rings. The van der Waals surface area contributed by atoms with Crippen LogP contribution in [0, 0.1) is 0 Å². The molecule has 42 valence electrons. The zero-order valence-electron chi connectivity index (χ0n) is 4.77. The molecule has 0 heterocycles. The van der Waals surface area contributed by atoms with E-state index in [2.05, 4.69) is 4.58 Å². The van der Waals surface area contributed by atoms with Crippen LogP contribution in [0.2, 0.25) is 0 Å². The monoisotopic (exact) mass is 103 g/mol. The zero-order valence-corrected chi connectivity index (χ0v) is 4.77. The van der Waals surface area contributed by atoms with Crippen molar-refractivity contribution in [3.05, 3.63) is 0 Å². The van der Waals surface area contributed by atoms with Gasteiger partial charge in [0.05, 0.1) is 12.8 Å². The Bertz CT molecular complexity index is 60.5. The smallest absolute Gasteiger partial charge is 0.152 e. The summed E-state index contributed by atoms with van der Waals surface area (Å²) in [5.41, 5.74) is 0. The van der Waals surface area contributed by atoms with Crippen molar-refractivity contribution in [2.45, 2.75) is 26.7 Å². The molecule has 0 aliphatic carbocycles. The first-order chi connectivity index (χ1) is 3.35. The Morgan fingerprint density at radius 2 is 1.86 bits per heavy atom. The molecule has 1 N–H and O–H groups in total. The van der Waals surface area contributed by atoms with Crippen LogP contribution >= 0.6 is 0 Å². The van der Waals surface area contributed by atoms with E-state index in [0.29, 0.717) is 0 Å². The van der Waals surface area contributed by atoms with Gasteiger partial charge in [0, 0.05) is 4.58 Å². The molecule has 0 spiro atoms. The SMILES string of the molecule is CCC(CC)=[O+]O. The molecule has 2 heteroatoms. The van der Waals surface area contributed by atoms with Crippen LogP contribution in [0.5, 0.6) is 0 Å². The van der Waals surface area contributed by atoms with E-state index in [1.807, 2.05) is 13.8 Å². The van der Waals surface area contributed by atoms with E-state index in [0.717, 1.165) is 18.6 Å². The van der Waals surface area contributed by atoms with Crippen LogP contribution < -0.4 is 0 Å². The van der Waals surface area contributed by atoms with Crippen LogP contribution in [0.3, 0.4) is 0 Å². The molecule has 0 aliphatic heterocycles. The molecule has 7 heavy (non-hydrogen) atoms. The van der Waals surface area contributed by atoms with Gasteiger partial charge in [-0.15, -0.1) is 0 Å². The summed E-state index contributed by atoms with van der Waals surface area (Å²) in [6.45, 7) is 3.88. The maximum Gasteiger partial charge on any atom is 0.384 e. The van der Waals surface area contributed by atoms with E-state index in [4.69, 9.17) is 5.26 Å². The molecule has 0 rings (SSSR count). The van der Waals surface area contributed by atoms with Gasteiger partial charge in [-0.1, -0.05) is 13.8 Å². The highest BCUT2D eigenvalue weighted by Gasteiger charge is 2.04. The third kappa shape index (κ3) is 2.20. The second-order valence-electron chi connectivity index (χ2n) is 1.34. The largest absolute Gasteiger partial charge is 0.384 e. The third-order valence-electron chi connectivity index (χ3n) is 0.918. The maximum atomic E-state index is 7.99. The zero-order chi connectivity index (χ0) is 5.70. The Morgan fingerprint density at radius 3 is 1.86 bits per heavy atom. The molecular weight excluding hydrogens is 92.1 g/mol. The van der Waals surface area contributed by atoms with Crippen LogP contribution in [0.15, 0.2) is 0 Å².